The first kappa shape index (κ1) is 18.7. The number of ether oxygens (including phenoxy) is 1. The first-order valence-electron chi connectivity index (χ1n) is 8.18. The standard InChI is InChI=1S/C20H18N2O4S/c1-12(23)26-18-16-14(10-7-11-15(16)27-3)22(2)20(25)17(18)19(24)21-13-8-5-4-6-9-13/h4-11H,1-3H3,(H,21,24). The van der Waals surface area contributed by atoms with E-state index in [0.717, 1.165) is 4.90 Å². The summed E-state index contributed by atoms with van der Waals surface area (Å²) >= 11 is 1.44. The quantitative estimate of drug-likeness (QED) is 0.552. The Kier molecular flexibility index (Phi) is 5.32. The second-order valence-electron chi connectivity index (χ2n) is 5.84. The molecular formula is C20H18N2O4S. The van der Waals surface area contributed by atoms with E-state index in [1.54, 1.807) is 37.4 Å². The van der Waals surface area contributed by atoms with Gasteiger partial charge in [0.2, 0.25) is 0 Å². The lowest BCUT2D eigenvalue weighted by Gasteiger charge is -2.16. The summed E-state index contributed by atoms with van der Waals surface area (Å²) in [4.78, 5) is 38.3. The molecule has 1 heterocycles. The monoisotopic (exact) mass is 382 g/mol. The van der Waals surface area contributed by atoms with Crippen LogP contribution in [0.2, 0.25) is 0 Å². The maximum absolute atomic E-state index is 12.9. The molecule has 2 aromatic carbocycles. The van der Waals surface area contributed by atoms with E-state index in [1.165, 1.54) is 23.3 Å². The topological polar surface area (TPSA) is 77.4 Å². The second-order valence-corrected chi connectivity index (χ2v) is 6.68. The molecule has 3 rings (SSSR count). The molecule has 0 aliphatic carbocycles. The van der Waals surface area contributed by atoms with Crippen molar-refractivity contribution < 1.29 is 14.3 Å². The van der Waals surface area contributed by atoms with Crippen molar-refractivity contribution in [2.24, 2.45) is 7.05 Å². The van der Waals surface area contributed by atoms with Gasteiger partial charge in [-0.3, -0.25) is 14.4 Å². The zero-order chi connectivity index (χ0) is 19.6. The number of pyridine rings is 1. The van der Waals surface area contributed by atoms with E-state index >= 15 is 0 Å². The van der Waals surface area contributed by atoms with Crippen molar-refractivity contribution in [3.05, 3.63) is 64.4 Å². The molecule has 0 aliphatic rings. The highest BCUT2D eigenvalue weighted by Gasteiger charge is 2.25. The Morgan fingerprint density at radius 2 is 1.78 bits per heavy atom. The highest BCUT2D eigenvalue weighted by Crippen LogP contribution is 2.35. The van der Waals surface area contributed by atoms with E-state index in [4.69, 9.17) is 4.74 Å². The van der Waals surface area contributed by atoms with Crippen molar-refractivity contribution in [3.63, 3.8) is 0 Å². The van der Waals surface area contributed by atoms with Crippen LogP contribution in [0.25, 0.3) is 10.9 Å². The molecule has 0 unspecified atom stereocenters. The number of rotatable bonds is 4. The van der Waals surface area contributed by atoms with Crippen LogP contribution in [0.3, 0.4) is 0 Å². The van der Waals surface area contributed by atoms with Gasteiger partial charge >= 0.3 is 5.97 Å². The van der Waals surface area contributed by atoms with Crippen molar-refractivity contribution >= 4 is 40.2 Å². The number of benzene rings is 2. The van der Waals surface area contributed by atoms with Crippen LogP contribution in [0.15, 0.2) is 58.2 Å². The third kappa shape index (κ3) is 3.59. The molecule has 0 radical (unpaired) electrons. The van der Waals surface area contributed by atoms with E-state index in [9.17, 15) is 14.4 Å². The number of aryl methyl sites for hydroxylation is 1. The van der Waals surface area contributed by atoms with Gasteiger partial charge in [-0.1, -0.05) is 24.3 Å². The number of amides is 1. The van der Waals surface area contributed by atoms with E-state index in [1.807, 2.05) is 24.5 Å². The van der Waals surface area contributed by atoms with Crippen LogP contribution in [0.5, 0.6) is 5.75 Å². The number of esters is 1. The Labute approximate surface area is 160 Å². The van der Waals surface area contributed by atoms with Crippen LogP contribution in [0.4, 0.5) is 5.69 Å². The van der Waals surface area contributed by atoms with Gasteiger partial charge in [0.15, 0.2) is 5.75 Å². The Hall–Kier alpha value is -3.06. The lowest BCUT2D eigenvalue weighted by molar-refractivity contribution is -0.131. The van der Waals surface area contributed by atoms with Crippen molar-refractivity contribution in [3.8, 4) is 5.75 Å². The summed E-state index contributed by atoms with van der Waals surface area (Å²) < 4.78 is 6.76. The number of fused-ring (bicyclic) bond motifs is 1. The molecule has 27 heavy (non-hydrogen) atoms. The van der Waals surface area contributed by atoms with Crippen LogP contribution < -0.4 is 15.6 Å². The summed E-state index contributed by atoms with van der Waals surface area (Å²) in [5.74, 6) is -1.25. The normalized spacial score (nSPS) is 10.6. The molecule has 3 aromatic rings. The van der Waals surface area contributed by atoms with E-state index in [-0.39, 0.29) is 11.3 Å². The zero-order valence-corrected chi connectivity index (χ0v) is 15.9. The second kappa shape index (κ2) is 7.67. The predicted molar refractivity (Wildman–Crippen MR) is 107 cm³/mol. The van der Waals surface area contributed by atoms with E-state index in [2.05, 4.69) is 5.32 Å². The predicted octanol–water partition coefficient (Wildman–Crippen LogP) is 3.44. The van der Waals surface area contributed by atoms with Crippen LogP contribution in [-0.2, 0) is 11.8 Å². The maximum Gasteiger partial charge on any atom is 0.308 e. The van der Waals surface area contributed by atoms with Gasteiger partial charge in [0, 0.05) is 24.6 Å². The minimum atomic E-state index is -0.629. The fourth-order valence-electron chi connectivity index (χ4n) is 2.86. The van der Waals surface area contributed by atoms with Crippen LogP contribution in [-0.4, -0.2) is 22.7 Å². The lowest BCUT2D eigenvalue weighted by Crippen LogP contribution is -2.29. The third-order valence-electron chi connectivity index (χ3n) is 4.06. The number of hydrogen-bond donors (Lipinski definition) is 1. The van der Waals surface area contributed by atoms with Crippen LogP contribution in [0.1, 0.15) is 17.3 Å². The van der Waals surface area contributed by atoms with Gasteiger partial charge in [0.25, 0.3) is 11.5 Å². The van der Waals surface area contributed by atoms with E-state index < -0.39 is 17.4 Å². The van der Waals surface area contributed by atoms with Gasteiger partial charge in [0.1, 0.15) is 5.56 Å². The first-order chi connectivity index (χ1) is 12.9. The number of anilines is 1. The number of thioether (sulfide) groups is 1. The van der Waals surface area contributed by atoms with Crippen LogP contribution in [0, 0.1) is 0 Å². The van der Waals surface area contributed by atoms with Crippen molar-refractivity contribution in [1.29, 1.82) is 0 Å². The highest BCUT2D eigenvalue weighted by molar-refractivity contribution is 7.98. The van der Waals surface area contributed by atoms with Gasteiger partial charge in [-0.2, -0.15) is 0 Å². The number of carbonyl (C=O) groups is 2. The fraction of sp³-hybridized carbons (Fsp3) is 0.150. The minimum Gasteiger partial charge on any atom is -0.425 e. The summed E-state index contributed by atoms with van der Waals surface area (Å²) in [5, 5.41) is 3.25. The zero-order valence-electron chi connectivity index (χ0n) is 15.1. The largest absolute Gasteiger partial charge is 0.425 e. The van der Waals surface area contributed by atoms with Crippen molar-refractivity contribution in [1.82, 2.24) is 4.57 Å². The fourth-order valence-corrected chi connectivity index (χ4v) is 3.47. The van der Waals surface area contributed by atoms with Crippen molar-refractivity contribution in [2.45, 2.75) is 11.8 Å². The summed E-state index contributed by atoms with van der Waals surface area (Å²) in [6.45, 7) is 1.24. The maximum atomic E-state index is 12.9. The molecule has 1 aromatic heterocycles. The van der Waals surface area contributed by atoms with Gasteiger partial charge in [-0.05, 0) is 30.5 Å². The van der Waals surface area contributed by atoms with Crippen molar-refractivity contribution in [2.75, 3.05) is 11.6 Å². The molecule has 0 bridgehead atoms. The van der Waals surface area contributed by atoms with Crippen LogP contribution >= 0.6 is 11.8 Å². The number of carbonyl (C=O) groups excluding carboxylic acids is 2. The summed E-state index contributed by atoms with van der Waals surface area (Å²) in [7, 11) is 1.59. The highest BCUT2D eigenvalue weighted by atomic mass is 32.2. The molecule has 0 aliphatic heterocycles. The number of para-hydroxylation sites is 1. The number of aromatic nitrogens is 1. The lowest BCUT2D eigenvalue weighted by atomic mass is 10.1. The van der Waals surface area contributed by atoms with Gasteiger partial charge < -0.3 is 14.6 Å². The molecule has 0 spiro atoms. The molecule has 0 saturated carbocycles. The molecule has 1 N–H and O–H groups in total. The van der Waals surface area contributed by atoms with Gasteiger partial charge in [-0.25, -0.2) is 0 Å². The minimum absolute atomic E-state index is 0.0148. The molecular weight excluding hydrogens is 364 g/mol. The molecule has 0 saturated heterocycles. The first-order valence-corrected chi connectivity index (χ1v) is 9.41. The molecule has 0 fully saturated rings. The van der Waals surface area contributed by atoms with Gasteiger partial charge in [-0.15, -0.1) is 11.8 Å². The molecule has 1 amide bonds. The Morgan fingerprint density at radius 3 is 2.41 bits per heavy atom. The molecule has 6 nitrogen and oxygen atoms in total. The smallest absolute Gasteiger partial charge is 0.308 e. The Bertz CT molecular complexity index is 1090. The number of nitrogens with one attached hydrogen (secondary N) is 1. The number of nitrogens with zero attached hydrogens (tertiary/aromatic N) is 1. The average Bonchev–Trinajstić information content (AvgIpc) is 2.65. The summed E-state index contributed by atoms with van der Waals surface area (Å²) in [6.07, 6.45) is 1.88. The summed E-state index contributed by atoms with van der Waals surface area (Å²) in [5.41, 5.74) is 0.381. The number of hydrogen-bond acceptors (Lipinski definition) is 5. The Balaban J connectivity index is 2.30. The van der Waals surface area contributed by atoms with Gasteiger partial charge in [0.05, 0.1) is 10.9 Å². The molecule has 138 valence electrons. The third-order valence-corrected chi connectivity index (χ3v) is 4.84. The summed E-state index contributed by atoms with van der Waals surface area (Å²) in [6, 6.07) is 14.2. The Morgan fingerprint density at radius 1 is 1.07 bits per heavy atom. The molecule has 0 atom stereocenters. The molecule has 7 heteroatoms. The SMILES string of the molecule is CSc1cccc2c1c(OC(C)=O)c(C(=O)Nc1ccccc1)c(=O)n2C. The average molecular weight is 382 g/mol. The van der Waals surface area contributed by atoms with E-state index in [0.29, 0.717) is 16.6 Å².